The summed E-state index contributed by atoms with van der Waals surface area (Å²) in [6.07, 6.45) is 0. The lowest BCUT2D eigenvalue weighted by molar-refractivity contribution is -0.114. The number of aromatic nitrogens is 2. The molecule has 16 heavy (non-hydrogen) atoms. The number of carbonyl (C=O) groups excluding carboxylic acids is 1. The van der Waals surface area contributed by atoms with Crippen LogP contribution in [0.5, 0.6) is 0 Å². The number of hydrogen-bond acceptors (Lipinski definition) is 3. The Kier molecular flexibility index (Phi) is 4.47. The van der Waals surface area contributed by atoms with Gasteiger partial charge in [0.25, 0.3) is 0 Å². The zero-order valence-electron chi connectivity index (χ0n) is 9.45. The number of benzene rings is 1. The highest BCUT2D eigenvalue weighted by Gasteiger charge is 2.03. The summed E-state index contributed by atoms with van der Waals surface area (Å²) < 4.78 is 0. The number of nitrogens with zero attached hydrogens (tertiary/aromatic N) is 1. The second kappa shape index (κ2) is 5.87. The monoisotopic (exact) mass is 220 g/mol. The number of carbonyl (C=O) groups is 1. The molecule has 0 aliphatic rings. The molecule has 0 aliphatic heterocycles. The predicted molar refractivity (Wildman–Crippen MR) is 65.1 cm³/mol. The topological polar surface area (TPSA) is 83.8 Å². The number of fused-ring (bicyclic) bond motifs is 1. The molecule has 0 saturated carbocycles. The van der Waals surface area contributed by atoms with Gasteiger partial charge in [-0.3, -0.25) is 10.1 Å². The molecule has 1 amide bonds. The van der Waals surface area contributed by atoms with Crippen LogP contribution in [0.15, 0.2) is 24.3 Å². The number of imidazole rings is 1. The van der Waals surface area contributed by atoms with Crippen LogP contribution < -0.4 is 11.1 Å². The average Bonchev–Trinajstić information content (AvgIpc) is 2.73. The standard InChI is InChI=1S/C9H10N4O.C2H6/c10-5-8(14)13-9-11-6-3-1-2-4-7(6)12-9;1-2/h1-4H,5,10H2,(H2,11,12,13,14);1-2H3. The molecule has 5 heteroatoms. The van der Waals surface area contributed by atoms with E-state index in [1.807, 2.05) is 38.1 Å². The number of rotatable bonds is 2. The minimum absolute atomic E-state index is 0.0446. The SMILES string of the molecule is CC.NCC(=O)Nc1nc2ccccc2[nH]1. The van der Waals surface area contributed by atoms with Crippen molar-refractivity contribution >= 4 is 22.9 Å². The maximum Gasteiger partial charge on any atom is 0.240 e. The van der Waals surface area contributed by atoms with E-state index in [2.05, 4.69) is 15.3 Å². The normalized spacial score (nSPS) is 9.44. The summed E-state index contributed by atoms with van der Waals surface area (Å²) in [5.41, 5.74) is 6.87. The van der Waals surface area contributed by atoms with E-state index in [0.29, 0.717) is 5.95 Å². The molecule has 0 saturated heterocycles. The Labute approximate surface area is 94.1 Å². The third kappa shape index (κ3) is 2.80. The molecule has 0 fully saturated rings. The van der Waals surface area contributed by atoms with Crippen molar-refractivity contribution in [3.63, 3.8) is 0 Å². The Morgan fingerprint density at radius 3 is 2.75 bits per heavy atom. The summed E-state index contributed by atoms with van der Waals surface area (Å²) in [5.74, 6) is 0.172. The van der Waals surface area contributed by atoms with Gasteiger partial charge in [-0.2, -0.15) is 0 Å². The van der Waals surface area contributed by atoms with E-state index in [1.54, 1.807) is 0 Å². The van der Waals surface area contributed by atoms with Gasteiger partial charge in [0.15, 0.2) is 0 Å². The first-order chi connectivity index (χ1) is 7.79. The molecule has 0 bridgehead atoms. The Morgan fingerprint density at radius 1 is 1.44 bits per heavy atom. The largest absolute Gasteiger partial charge is 0.324 e. The molecule has 86 valence electrons. The number of nitrogens with two attached hydrogens (primary N) is 1. The van der Waals surface area contributed by atoms with Crippen LogP contribution in [0.3, 0.4) is 0 Å². The number of para-hydroxylation sites is 2. The second-order valence-electron chi connectivity index (χ2n) is 2.85. The molecule has 2 aromatic rings. The number of nitrogens with one attached hydrogen (secondary N) is 2. The second-order valence-corrected chi connectivity index (χ2v) is 2.85. The van der Waals surface area contributed by atoms with Crippen molar-refractivity contribution in [2.45, 2.75) is 13.8 Å². The first kappa shape index (κ1) is 12.2. The summed E-state index contributed by atoms with van der Waals surface area (Å²) in [7, 11) is 0. The molecular weight excluding hydrogens is 204 g/mol. The van der Waals surface area contributed by atoms with E-state index in [9.17, 15) is 4.79 Å². The lowest BCUT2D eigenvalue weighted by atomic mass is 10.3. The Balaban J connectivity index is 0.000000606. The van der Waals surface area contributed by atoms with E-state index < -0.39 is 0 Å². The van der Waals surface area contributed by atoms with Crippen molar-refractivity contribution in [2.24, 2.45) is 5.73 Å². The zero-order valence-corrected chi connectivity index (χ0v) is 9.45. The summed E-state index contributed by atoms with van der Waals surface area (Å²) in [4.78, 5) is 18.1. The van der Waals surface area contributed by atoms with E-state index >= 15 is 0 Å². The van der Waals surface area contributed by atoms with Crippen molar-refractivity contribution in [2.75, 3.05) is 11.9 Å². The highest BCUT2D eigenvalue weighted by molar-refractivity contribution is 5.92. The molecule has 2 rings (SSSR count). The van der Waals surface area contributed by atoms with Crippen molar-refractivity contribution in [3.05, 3.63) is 24.3 Å². The number of hydrogen-bond donors (Lipinski definition) is 3. The van der Waals surface area contributed by atoms with Gasteiger partial charge in [-0.1, -0.05) is 26.0 Å². The molecule has 4 N–H and O–H groups in total. The lowest BCUT2D eigenvalue weighted by Crippen LogP contribution is -2.22. The first-order valence-corrected chi connectivity index (χ1v) is 5.24. The molecule has 1 heterocycles. The maximum atomic E-state index is 11.0. The molecule has 0 spiro atoms. The van der Waals surface area contributed by atoms with Gasteiger partial charge in [0.05, 0.1) is 17.6 Å². The molecule has 1 aromatic carbocycles. The van der Waals surface area contributed by atoms with Crippen LogP contribution in [0.1, 0.15) is 13.8 Å². The van der Waals surface area contributed by atoms with E-state index in [1.165, 1.54) is 0 Å². The van der Waals surface area contributed by atoms with Crippen molar-refractivity contribution in [1.29, 1.82) is 0 Å². The third-order valence-electron chi connectivity index (χ3n) is 1.83. The molecule has 0 radical (unpaired) electrons. The van der Waals surface area contributed by atoms with Gasteiger partial charge in [0.2, 0.25) is 11.9 Å². The van der Waals surface area contributed by atoms with Crippen LogP contribution in [0.25, 0.3) is 11.0 Å². The van der Waals surface area contributed by atoms with Gasteiger partial charge in [0, 0.05) is 0 Å². The molecule has 0 aliphatic carbocycles. The van der Waals surface area contributed by atoms with Crippen LogP contribution in [-0.2, 0) is 4.79 Å². The zero-order chi connectivity index (χ0) is 12.0. The summed E-state index contributed by atoms with van der Waals surface area (Å²) in [6, 6.07) is 7.54. The van der Waals surface area contributed by atoms with Crippen LogP contribution in [0, 0.1) is 0 Å². The fraction of sp³-hybridized carbons (Fsp3) is 0.273. The number of anilines is 1. The minimum Gasteiger partial charge on any atom is -0.324 e. The van der Waals surface area contributed by atoms with Crippen LogP contribution in [0.4, 0.5) is 5.95 Å². The van der Waals surface area contributed by atoms with E-state index in [-0.39, 0.29) is 12.5 Å². The van der Waals surface area contributed by atoms with Crippen molar-refractivity contribution in [3.8, 4) is 0 Å². The van der Waals surface area contributed by atoms with E-state index in [0.717, 1.165) is 11.0 Å². The van der Waals surface area contributed by atoms with E-state index in [4.69, 9.17) is 5.73 Å². The maximum absolute atomic E-state index is 11.0. The quantitative estimate of drug-likeness (QED) is 0.716. The molecule has 1 aromatic heterocycles. The molecule has 0 atom stereocenters. The minimum atomic E-state index is -0.260. The highest BCUT2D eigenvalue weighted by atomic mass is 16.1. The summed E-state index contributed by atoms with van der Waals surface area (Å²) in [6.45, 7) is 3.96. The molecule has 0 unspecified atom stereocenters. The average molecular weight is 220 g/mol. The number of amides is 1. The number of aromatic amines is 1. The van der Waals surface area contributed by atoms with Crippen LogP contribution >= 0.6 is 0 Å². The fourth-order valence-electron chi connectivity index (χ4n) is 1.20. The Bertz CT molecular complexity index is 431. The predicted octanol–water partition coefficient (Wildman–Crippen LogP) is 1.49. The van der Waals surface area contributed by atoms with Crippen molar-refractivity contribution in [1.82, 2.24) is 9.97 Å². The summed E-state index contributed by atoms with van der Waals surface area (Å²) >= 11 is 0. The third-order valence-corrected chi connectivity index (χ3v) is 1.83. The van der Waals surface area contributed by atoms with Crippen LogP contribution in [0.2, 0.25) is 0 Å². The smallest absolute Gasteiger partial charge is 0.240 e. The Morgan fingerprint density at radius 2 is 2.12 bits per heavy atom. The van der Waals surface area contributed by atoms with Gasteiger partial charge in [0.1, 0.15) is 0 Å². The number of H-pyrrole nitrogens is 1. The summed E-state index contributed by atoms with van der Waals surface area (Å²) in [5, 5.41) is 2.55. The molecular formula is C11H16N4O. The fourth-order valence-corrected chi connectivity index (χ4v) is 1.20. The van der Waals surface area contributed by atoms with Gasteiger partial charge < -0.3 is 10.7 Å². The van der Waals surface area contributed by atoms with Gasteiger partial charge in [-0.25, -0.2) is 4.98 Å². The van der Waals surface area contributed by atoms with Crippen molar-refractivity contribution < 1.29 is 4.79 Å². The Hall–Kier alpha value is -1.88. The van der Waals surface area contributed by atoms with Gasteiger partial charge in [-0.15, -0.1) is 0 Å². The highest BCUT2D eigenvalue weighted by Crippen LogP contribution is 2.12. The van der Waals surface area contributed by atoms with Gasteiger partial charge in [-0.05, 0) is 12.1 Å². The van der Waals surface area contributed by atoms with Gasteiger partial charge >= 0.3 is 0 Å². The van der Waals surface area contributed by atoms with Crippen LogP contribution in [-0.4, -0.2) is 22.4 Å². The first-order valence-electron chi connectivity index (χ1n) is 5.24. The molecule has 5 nitrogen and oxygen atoms in total. The lowest BCUT2D eigenvalue weighted by Gasteiger charge is -1.95.